The Labute approximate surface area is 94.8 Å². The van der Waals surface area contributed by atoms with Gasteiger partial charge in [-0.15, -0.1) is 11.8 Å². The van der Waals surface area contributed by atoms with E-state index in [1.807, 2.05) is 20.8 Å². The van der Waals surface area contributed by atoms with E-state index in [2.05, 4.69) is 5.32 Å². The molecule has 88 valence electrons. The van der Waals surface area contributed by atoms with Crippen LogP contribution >= 0.6 is 11.8 Å². The fourth-order valence-corrected chi connectivity index (χ4v) is 1.56. The van der Waals surface area contributed by atoms with E-state index in [-0.39, 0.29) is 23.1 Å². The number of carboxylic acids is 1. The van der Waals surface area contributed by atoms with Crippen LogP contribution in [0, 0.1) is 0 Å². The van der Waals surface area contributed by atoms with Gasteiger partial charge in [0.25, 0.3) is 0 Å². The molecule has 0 aliphatic carbocycles. The molecule has 1 atom stereocenters. The Kier molecular flexibility index (Phi) is 5.72. The van der Waals surface area contributed by atoms with Gasteiger partial charge in [-0.3, -0.25) is 9.59 Å². The lowest BCUT2D eigenvalue weighted by Gasteiger charge is -2.18. The maximum atomic E-state index is 11.4. The van der Waals surface area contributed by atoms with Crippen LogP contribution in [0.15, 0.2) is 0 Å². The van der Waals surface area contributed by atoms with Crippen LogP contribution in [0.1, 0.15) is 34.1 Å². The first-order valence-electron chi connectivity index (χ1n) is 4.86. The summed E-state index contributed by atoms with van der Waals surface area (Å²) in [6.07, 6.45) is -0.0358. The molecule has 0 saturated carbocycles. The average molecular weight is 233 g/mol. The van der Waals surface area contributed by atoms with E-state index in [1.54, 1.807) is 18.7 Å². The van der Waals surface area contributed by atoms with E-state index in [0.29, 0.717) is 5.75 Å². The second-order valence-electron chi connectivity index (χ2n) is 4.47. The van der Waals surface area contributed by atoms with Crippen LogP contribution in [0.25, 0.3) is 0 Å². The van der Waals surface area contributed by atoms with Crippen molar-refractivity contribution < 1.29 is 14.7 Å². The fourth-order valence-electron chi connectivity index (χ4n) is 0.912. The van der Waals surface area contributed by atoms with E-state index >= 15 is 0 Å². The zero-order valence-corrected chi connectivity index (χ0v) is 10.5. The van der Waals surface area contributed by atoms with Crippen molar-refractivity contribution in [3.05, 3.63) is 0 Å². The van der Waals surface area contributed by atoms with Gasteiger partial charge in [0.1, 0.15) is 0 Å². The highest BCUT2D eigenvalue weighted by molar-refractivity contribution is 8.01. The zero-order chi connectivity index (χ0) is 12.1. The summed E-state index contributed by atoms with van der Waals surface area (Å²) in [4.78, 5) is 21.7. The van der Waals surface area contributed by atoms with Gasteiger partial charge in [-0.2, -0.15) is 0 Å². The zero-order valence-electron chi connectivity index (χ0n) is 9.66. The number of nitrogens with one attached hydrogen (secondary N) is 1. The Hall–Kier alpha value is -0.710. The highest BCUT2D eigenvalue weighted by Crippen LogP contribution is 2.22. The largest absolute Gasteiger partial charge is 0.481 e. The third-order valence-corrected chi connectivity index (χ3v) is 2.80. The minimum Gasteiger partial charge on any atom is -0.481 e. The van der Waals surface area contributed by atoms with Crippen molar-refractivity contribution in [2.24, 2.45) is 0 Å². The second kappa shape index (κ2) is 6.00. The van der Waals surface area contributed by atoms with E-state index < -0.39 is 5.97 Å². The maximum absolute atomic E-state index is 11.4. The van der Waals surface area contributed by atoms with Crippen molar-refractivity contribution in [3.8, 4) is 0 Å². The Morgan fingerprint density at radius 2 is 1.93 bits per heavy atom. The van der Waals surface area contributed by atoms with Crippen LogP contribution in [-0.4, -0.2) is 33.5 Å². The number of aliphatic carboxylic acids is 1. The summed E-state index contributed by atoms with van der Waals surface area (Å²) in [6, 6.07) is -0.310. The van der Waals surface area contributed by atoms with Crippen molar-refractivity contribution in [2.75, 3.05) is 5.75 Å². The first-order valence-corrected chi connectivity index (χ1v) is 5.84. The van der Waals surface area contributed by atoms with Crippen LogP contribution in [0.4, 0.5) is 0 Å². The van der Waals surface area contributed by atoms with Gasteiger partial charge in [0.15, 0.2) is 0 Å². The van der Waals surface area contributed by atoms with Crippen molar-refractivity contribution in [1.29, 1.82) is 0 Å². The number of carbonyl (C=O) groups excluding carboxylic acids is 1. The first kappa shape index (κ1) is 14.3. The molecule has 0 aromatic rings. The normalized spacial score (nSPS) is 13.3. The number of amides is 1. The molecule has 0 aliphatic rings. The van der Waals surface area contributed by atoms with Gasteiger partial charge >= 0.3 is 5.97 Å². The first-order chi connectivity index (χ1) is 6.70. The molecular weight excluding hydrogens is 214 g/mol. The molecule has 0 bridgehead atoms. The molecule has 0 aromatic heterocycles. The smallest absolute Gasteiger partial charge is 0.305 e. The minimum absolute atomic E-state index is 0.0358. The van der Waals surface area contributed by atoms with Crippen LogP contribution in [0.5, 0.6) is 0 Å². The lowest BCUT2D eigenvalue weighted by molar-refractivity contribution is -0.137. The molecule has 0 fully saturated rings. The number of hydrogen-bond acceptors (Lipinski definition) is 3. The molecule has 0 aliphatic heterocycles. The van der Waals surface area contributed by atoms with Crippen molar-refractivity contribution in [1.82, 2.24) is 5.32 Å². The predicted molar refractivity (Wildman–Crippen MR) is 62.1 cm³/mol. The molecular formula is C10H19NO3S. The van der Waals surface area contributed by atoms with E-state index in [9.17, 15) is 9.59 Å². The van der Waals surface area contributed by atoms with Gasteiger partial charge in [0.05, 0.1) is 12.2 Å². The van der Waals surface area contributed by atoms with Crippen LogP contribution in [-0.2, 0) is 9.59 Å². The monoisotopic (exact) mass is 233 g/mol. The quantitative estimate of drug-likeness (QED) is 0.755. The van der Waals surface area contributed by atoms with Gasteiger partial charge in [0.2, 0.25) is 5.91 Å². The minimum atomic E-state index is -0.897. The van der Waals surface area contributed by atoms with Crippen molar-refractivity contribution in [3.63, 3.8) is 0 Å². The highest BCUT2D eigenvalue weighted by Gasteiger charge is 2.15. The predicted octanol–water partition coefficient (Wildman–Crippen LogP) is 1.50. The Bertz CT molecular complexity index is 235. The lowest BCUT2D eigenvalue weighted by Crippen LogP contribution is -2.36. The third kappa shape index (κ3) is 9.59. The van der Waals surface area contributed by atoms with Gasteiger partial charge in [-0.05, 0) is 6.92 Å². The number of rotatable bonds is 5. The van der Waals surface area contributed by atoms with E-state index in [4.69, 9.17) is 5.11 Å². The van der Waals surface area contributed by atoms with Crippen LogP contribution < -0.4 is 5.32 Å². The number of hydrogen-bond donors (Lipinski definition) is 2. The molecule has 0 spiro atoms. The Morgan fingerprint density at radius 3 is 2.33 bits per heavy atom. The summed E-state index contributed by atoms with van der Waals surface area (Å²) in [5.41, 5.74) is 0. The standard InChI is InChI=1S/C10H19NO3S/c1-7(5-9(13)14)11-8(12)6-15-10(2,3)4/h7H,5-6H2,1-4H3,(H,11,12)(H,13,14). The molecule has 0 rings (SSSR count). The molecule has 4 nitrogen and oxygen atoms in total. The van der Waals surface area contributed by atoms with Crippen molar-refractivity contribution >= 4 is 23.6 Å². The molecule has 5 heteroatoms. The molecule has 0 heterocycles. The Morgan fingerprint density at radius 1 is 1.40 bits per heavy atom. The summed E-state index contributed by atoms with van der Waals surface area (Å²) in [7, 11) is 0. The van der Waals surface area contributed by atoms with Crippen LogP contribution in [0.3, 0.4) is 0 Å². The molecule has 1 amide bonds. The maximum Gasteiger partial charge on any atom is 0.305 e. The van der Waals surface area contributed by atoms with E-state index in [0.717, 1.165) is 0 Å². The molecule has 1 unspecified atom stereocenters. The molecule has 2 N–H and O–H groups in total. The summed E-state index contributed by atoms with van der Waals surface area (Å²) in [5.74, 6) is -0.636. The van der Waals surface area contributed by atoms with Gasteiger partial charge < -0.3 is 10.4 Å². The number of carboxylic acid groups (broad SMARTS) is 1. The molecule has 15 heavy (non-hydrogen) atoms. The molecule has 0 aromatic carbocycles. The van der Waals surface area contributed by atoms with Crippen molar-refractivity contribution in [2.45, 2.75) is 44.9 Å². The average Bonchev–Trinajstić information content (AvgIpc) is 1.97. The van der Waals surface area contributed by atoms with Gasteiger partial charge in [0, 0.05) is 10.8 Å². The van der Waals surface area contributed by atoms with E-state index in [1.165, 1.54) is 0 Å². The summed E-state index contributed by atoms with van der Waals surface area (Å²) >= 11 is 1.54. The topological polar surface area (TPSA) is 66.4 Å². The number of thioether (sulfide) groups is 1. The Balaban J connectivity index is 3.79. The van der Waals surface area contributed by atoms with Crippen LogP contribution in [0.2, 0.25) is 0 Å². The lowest BCUT2D eigenvalue weighted by atomic mass is 10.2. The highest BCUT2D eigenvalue weighted by atomic mass is 32.2. The van der Waals surface area contributed by atoms with Gasteiger partial charge in [-0.1, -0.05) is 20.8 Å². The summed E-state index contributed by atoms with van der Waals surface area (Å²) in [6.45, 7) is 7.79. The fraction of sp³-hybridized carbons (Fsp3) is 0.800. The van der Waals surface area contributed by atoms with Gasteiger partial charge in [-0.25, -0.2) is 0 Å². The molecule has 0 saturated heterocycles. The third-order valence-electron chi connectivity index (χ3n) is 1.52. The second-order valence-corrected chi connectivity index (χ2v) is 6.27. The summed E-state index contributed by atoms with van der Waals surface area (Å²) < 4.78 is 0.0490. The SMILES string of the molecule is CC(CC(=O)O)NC(=O)CSC(C)(C)C. The molecule has 0 radical (unpaired) electrons. The number of carbonyl (C=O) groups is 2. The summed E-state index contributed by atoms with van der Waals surface area (Å²) in [5, 5.41) is 11.1.